The molecule has 3 aromatic rings. The zero-order chi connectivity index (χ0) is 21.8. The lowest BCUT2D eigenvalue weighted by Gasteiger charge is -2.15. The lowest BCUT2D eigenvalue weighted by atomic mass is 10.1. The smallest absolute Gasteiger partial charge is 0.222 e. The third-order valence-corrected chi connectivity index (χ3v) is 4.39. The Hall–Kier alpha value is -3.40. The summed E-state index contributed by atoms with van der Waals surface area (Å²) < 4.78 is 7.67. The fraction of sp³-hybridized carbons (Fsp3) is 0.400. The lowest BCUT2D eigenvalue weighted by molar-refractivity contribution is 0.328. The molecule has 160 valence electrons. The normalized spacial score (nSPS) is 11.9. The number of pyridine rings is 2. The Morgan fingerprint density at radius 2 is 2.17 bits per heavy atom. The average Bonchev–Trinajstić information content (AvgIpc) is 3.03. The maximum atomic E-state index is 5.98. The summed E-state index contributed by atoms with van der Waals surface area (Å²) in [6.07, 6.45) is 1.70. The third kappa shape index (κ3) is 4.43. The van der Waals surface area contributed by atoms with E-state index in [1.165, 1.54) is 5.12 Å². The molecule has 0 atom stereocenters. The van der Waals surface area contributed by atoms with Crippen LogP contribution < -0.4 is 21.6 Å². The van der Waals surface area contributed by atoms with E-state index in [1.807, 2.05) is 36.7 Å². The van der Waals surface area contributed by atoms with Crippen molar-refractivity contribution in [1.29, 1.82) is 0 Å². The van der Waals surface area contributed by atoms with Crippen molar-refractivity contribution in [1.82, 2.24) is 24.9 Å². The standard InChI is InChI=1S/C20H29N9O/c1-6-30-20-14(8-7-9-23-20)15-10-16(24-11-17(21)27-28(5)22)19-18(25-15)13(4)26-29(19)12(2)3/h7-10,12H,6,11,22H2,1-5H3,(H2,21,27)(H,24,25). The molecule has 0 saturated heterocycles. The third-order valence-electron chi connectivity index (χ3n) is 4.39. The maximum absolute atomic E-state index is 5.98. The van der Waals surface area contributed by atoms with Crippen molar-refractivity contribution >= 4 is 22.6 Å². The summed E-state index contributed by atoms with van der Waals surface area (Å²) in [6.45, 7) is 8.87. The highest BCUT2D eigenvalue weighted by Crippen LogP contribution is 2.34. The van der Waals surface area contributed by atoms with Gasteiger partial charge in [-0.2, -0.15) is 5.10 Å². The number of nitrogens with two attached hydrogens (primary N) is 2. The molecule has 0 spiro atoms. The zero-order valence-electron chi connectivity index (χ0n) is 18.0. The van der Waals surface area contributed by atoms with Gasteiger partial charge in [-0.1, -0.05) is 0 Å². The van der Waals surface area contributed by atoms with Gasteiger partial charge in [0.15, 0.2) is 0 Å². The van der Waals surface area contributed by atoms with Gasteiger partial charge in [-0.3, -0.25) is 4.68 Å². The van der Waals surface area contributed by atoms with Gasteiger partial charge in [-0.25, -0.2) is 20.9 Å². The van der Waals surface area contributed by atoms with E-state index in [0.29, 0.717) is 24.9 Å². The highest BCUT2D eigenvalue weighted by Gasteiger charge is 2.19. The Morgan fingerprint density at radius 3 is 2.83 bits per heavy atom. The molecule has 0 aromatic carbocycles. The summed E-state index contributed by atoms with van der Waals surface area (Å²) in [4.78, 5) is 9.25. The SMILES string of the molecule is CCOc1ncccc1-c1cc(NC/C(N)=N/N(C)N)c2c(n1)c(C)nn2C(C)C. The number of aryl methyl sites for hydroxylation is 1. The summed E-state index contributed by atoms with van der Waals surface area (Å²) in [5, 5.41) is 13.3. The van der Waals surface area contributed by atoms with Gasteiger partial charge in [0.2, 0.25) is 5.88 Å². The molecule has 3 heterocycles. The quantitative estimate of drug-likeness (QED) is 0.222. The summed E-state index contributed by atoms with van der Waals surface area (Å²) in [5.41, 5.74) is 10.9. The second-order valence-corrected chi connectivity index (χ2v) is 7.18. The fourth-order valence-corrected chi connectivity index (χ4v) is 3.19. The first-order valence-corrected chi connectivity index (χ1v) is 9.85. The van der Waals surface area contributed by atoms with Gasteiger partial charge in [-0.15, -0.1) is 5.10 Å². The van der Waals surface area contributed by atoms with Gasteiger partial charge < -0.3 is 15.8 Å². The number of hydrazone groups is 1. The Morgan fingerprint density at radius 1 is 1.40 bits per heavy atom. The molecule has 0 amide bonds. The van der Waals surface area contributed by atoms with E-state index < -0.39 is 0 Å². The van der Waals surface area contributed by atoms with Gasteiger partial charge in [0.05, 0.1) is 35.8 Å². The van der Waals surface area contributed by atoms with Crippen LogP contribution in [0.25, 0.3) is 22.3 Å². The molecular formula is C20H29N9O. The molecule has 3 rings (SSSR count). The molecule has 0 fully saturated rings. The topological polar surface area (TPSA) is 132 Å². The van der Waals surface area contributed by atoms with E-state index in [4.69, 9.17) is 26.4 Å². The van der Waals surface area contributed by atoms with Crippen molar-refractivity contribution in [3.8, 4) is 17.1 Å². The Bertz CT molecular complexity index is 1060. The zero-order valence-corrected chi connectivity index (χ0v) is 18.0. The van der Waals surface area contributed by atoms with E-state index in [0.717, 1.165) is 33.7 Å². The fourth-order valence-electron chi connectivity index (χ4n) is 3.19. The van der Waals surface area contributed by atoms with Crippen LogP contribution >= 0.6 is 0 Å². The number of fused-ring (bicyclic) bond motifs is 1. The Labute approximate surface area is 175 Å². The lowest BCUT2D eigenvalue weighted by Crippen LogP contribution is -2.29. The number of nitrogens with zero attached hydrogens (tertiary/aromatic N) is 6. The predicted octanol–water partition coefficient (Wildman–Crippen LogP) is 2.27. The molecule has 3 aromatic heterocycles. The molecular weight excluding hydrogens is 382 g/mol. The minimum atomic E-state index is 0.160. The van der Waals surface area contributed by atoms with Crippen LogP contribution in [0.4, 0.5) is 5.69 Å². The Kier molecular flexibility index (Phi) is 6.36. The first-order valence-electron chi connectivity index (χ1n) is 9.85. The molecule has 30 heavy (non-hydrogen) atoms. The average molecular weight is 412 g/mol. The molecule has 0 aliphatic heterocycles. The number of nitrogens with one attached hydrogen (secondary N) is 1. The second-order valence-electron chi connectivity index (χ2n) is 7.18. The number of aromatic nitrogens is 4. The van der Waals surface area contributed by atoms with Crippen LogP contribution in [-0.4, -0.2) is 50.9 Å². The van der Waals surface area contributed by atoms with Crippen LogP contribution in [0.3, 0.4) is 0 Å². The summed E-state index contributed by atoms with van der Waals surface area (Å²) in [6, 6.07) is 5.93. The van der Waals surface area contributed by atoms with Crippen molar-refractivity contribution in [2.45, 2.75) is 33.7 Å². The van der Waals surface area contributed by atoms with Crippen molar-refractivity contribution in [3.05, 3.63) is 30.1 Å². The highest BCUT2D eigenvalue weighted by molar-refractivity contribution is 5.95. The predicted molar refractivity (Wildman–Crippen MR) is 119 cm³/mol. The number of hydrazine groups is 1. The van der Waals surface area contributed by atoms with E-state index in [9.17, 15) is 0 Å². The number of amidine groups is 1. The van der Waals surface area contributed by atoms with Gasteiger partial charge in [-0.05, 0) is 45.9 Å². The minimum Gasteiger partial charge on any atom is -0.477 e. The first-order chi connectivity index (χ1) is 14.3. The molecule has 0 aliphatic rings. The van der Waals surface area contributed by atoms with Gasteiger partial charge >= 0.3 is 0 Å². The van der Waals surface area contributed by atoms with Gasteiger partial charge in [0.25, 0.3) is 0 Å². The molecule has 0 bridgehead atoms. The van der Waals surface area contributed by atoms with Crippen LogP contribution in [0.1, 0.15) is 32.5 Å². The highest BCUT2D eigenvalue weighted by atomic mass is 16.5. The van der Waals surface area contributed by atoms with Crippen molar-refractivity contribution < 1.29 is 4.74 Å². The van der Waals surface area contributed by atoms with Crippen LogP contribution in [0.5, 0.6) is 5.88 Å². The number of ether oxygens (including phenoxy) is 1. The number of hydrogen-bond acceptors (Lipinski definition) is 8. The molecule has 5 N–H and O–H groups in total. The summed E-state index contributed by atoms with van der Waals surface area (Å²) >= 11 is 0. The summed E-state index contributed by atoms with van der Waals surface area (Å²) in [5.74, 6) is 6.45. The van der Waals surface area contributed by atoms with Crippen LogP contribution in [0.15, 0.2) is 29.5 Å². The molecule has 0 radical (unpaired) electrons. The monoisotopic (exact) mass is 411 g/mol. The molecule has 0 aliphatic carbocycles. The Balaban J connectivity index is 2.16. The molecule has 0 saturated carbocycles. The molecule has 0 unspecified atom stereocenters. The first kappa shape index (κ1) is 21.3. The largest absolute Gasteiger partial charge is 0.477 e. The minimum absolute atomic E-state index is 0.160. The summed E-state index contributed by atoms with van der Waals surface area (Å²) in [7, 11) is 1.62. The number of rotatable bonds is 8. The van der Waals surface area contributed by atoms with Crippen molar-refractivity contribution in [2.75, 3.05) is 25.5 Å². The number of hydrogen-bond donors (Lipinski definition) is 3. The van der Waals surface area contributed by atoms with Crippen LogP contribution in [0.2, 0.25) is 0 Å². The van der Waals surface area contributed by atoms with E-state index in [1.54, 1.807) is 13.2 Å². The molecule has 10 nitrogen and oxygen atoms in total. The van der Waals surface area contributed by atoms with Crippen LogP contribution in [-0.2, 0) is 0 Å². The second kappa shape index (κ2) is 8.95. The van der Waals surface area contributed by atoms with E-state index >= 15 is 0 Å². The van der Waals surface area contributed by atoms with Crippen molar-refractivity contribution in [3.63, 3.8) is 0 Å². The van der Waals surface area contributed by atoms with Gasteiger partial charge in [0, 0.05) is 19.3 Å². The van der Waals surface area contributed by atoms with Crippen molar-refractivity contribution in [2.24, 2.45) is 16.7 Å². The van der Waals surface area contributed by atoms with E-state index in [-0.39, 0.29) is 6.04 Å². The maximum Gasteiger partial charge on any atom is 0.222 e. The molecule has 10 heteroatoms. The van der Waals surface area contributed by atoms with E-state index in [2.05, 4.69) is 29.2 Å². The van der Waals surface area contributed by atoms with Crippen LogP contribution in [0, 0.1) is 6.92 Å². The van der Waals surface area contributed by atoms with Gasteiger partial charge in [0.1, 0.15) is 16.9 Å². The number of anilines is 1.